The SMILES string of the molecule is Nc1cc(CBr)nc(N)c1C(F)F. The molecule has 4 N–H and O–H groups in total. The van der Waals surface area contributed by atoms with Gasteiger partial charge in [-0.05, 0) is 6.07 Å². The number of nitrogens with two attached hydrogens (primary N) is 2. The van der Waals surface area contributed by atoms with Crippen LogP contribution in [0, 0.1) is 0 Å². The second-order valence-corrected chi connectivity index (χ2v) is 3.00. The maximum absolute atomic E-state index is 12.3. The van der Waals surface area contributed by atoms with E-state index in [9.17, 15) is 8.78 Å². The molecule has 0 spiro atoms. The van der Waals surface area contributed by atoms with Crippen LogP contribution >= 0.6 is 15.9 Å². The van der Waals surface area contributed by atoms with E-state index in [-0.39, 0.29) is 17.1 Å². The summed E-state index contributed by atoms with van der Waals surface area (Å²) >= 11 is 3.13. The number of nitrogen functional groups attached to an aromatic ring is 2. The summed E-state index contributed by atoms with van der Waals surface area (Å²) in [6, 6.07) is 1.38. The predicted molar refractivity (Wildman–Crippen MR) is 50.6 cm³/mol. The number of pyridine rings is 1. The molecular weight excluding hydrogens is 244 g/mol. The van der Waals surface area contributed by atoms with Crippen LogP contribution in [0.25, 0.3) is 0 Å². The molecule has 0 fully saturated rings. The average Bonchev–Trinajstić information content (AvgIpc) is 2.02. The Hall–Kier alpha value is -0.910. The van der Waals surface area contributed by atoms with E-state index in [4.69, 9.17) is 11.5 Å². The number of anilines is 2. The molecule has 1 aromatic heterocycles. The highest BCUT2D eigenvalue weighted by molar-refractivity contribution is 9.08. The van der Waals surface area contributed by atoms with Gasteiger partial charge in [0.2, 0.25) is 0 Å². The Morgan fingerprint density at radius 1 is 1.46 bits per heavy atom. The van der Waals surface area contributed by atoms with Crippen molar-refractivity contribution in [3.8, 4) is 0 Å². The zero-order valence-corrected chi connectivity index (χ0v) is 8.18. The Morgan fingerprint density at radius 2 is 2.08 bits per heavy atom. The van der Waals surface area contributed by atoms with Crippen molar-refractivity contribution in [1.29, 1.82) is 0 Å². The minimum Gasteiger partial charge on any atom is -0.398 e. The van der Waals surface area contributed by atoms with E-state index in [0.717, 1.165) is 0 Å². The van der Waals surface area contributed by atoms with Crippen molar-refractivity contribution in [3.05, 3.63) is 17.3 Å². The van der Waals surface area contributed by atoms with Gasteiger partial charge in [0, 0.05) is 11.0 Å². The predicted octanol–water partition coefficient (Wildman–Crippen LogP) is 2.08. The topological polar surface area (TPSA) is 64.9 Å². The van der Waals surface area contributed by atoms with Gasteiger partial charge in [0.05, 0.1) is 11.3 Å². The third-order valence-electron chi connectivity index (χ3n) is 1.53. The summed E-state index contributed by atoms with van der Waals surface area (Å²) in [6.45, 7) is 0. The van der Waals surface area contributed by atoms with Gasteiger partial charge in [-0.1, -0.05) is 15.9 Å². The zero-order chi connectivity index (χ0) is 10.0. The summed E-state index contributed by atoms with van der Waals surface area (Å²) in [4.78, 5) is 3.74. The third-order valence-corrected chi connectivity index (χ3v) is 2.10. The normalized spacial score (nSPS) is 10.8. The summed E-state index contributed by atoms with van der Waals surface area (Å²) in [5, 5.41) is 0.435. The molecule has 1 heterocycles. The molecule has 1 rings (SSSR count). The Balaban J connectivity index is 3.23. The van der Waals surface area contributed by atoms with Gasteiger partial charge >= 0.3 is 0 Å². The first kappa shape index (κ1) is 10.2. The molecule has 0 saturated heterocycles. The van der Waals surface area contributed by atoms with E-state index in [1.54, 1.807) is 0 Å². The summed E-state index contributed by atoms with van der Waals surface area (Å²) in [7, 11) is 0. The van der Waals surface area contributed by atoms with Crippen LogP contribution in [-0.4, -0.2) is 4.98 Å². The lowest BCUT2D eigenvalue weighted by Gasteiger charge is -2.08. The first-order valence-electron chi connectivity index (χ1n) is 3.45. The number of rotatable bonds is 2. The van der Waals surface area contributed by atoms with Crippen LogP contribution in [-0.2, 0) is 5.33 Å². The molecule has 3 nitrogen and oxygen atoms in total. The van der Waals surface area contributed by atoms with Crippen LogP contribution in [0.2, 0.25) is 0 Å². The maximum atomic E-state index is 12.3. The molecule has 0 aliphatic carbocycles. The molecule has 0 atom stereocenters. The lowest BCUT2D eigenvalue weighted by atomic mass is 10.2. The van der Waals surface area contributed by atoms with Crippen molar-refractivity contribution >= 4 is 27.4 Å². The van der Waals surface area contributed by atoms with Crippen LogP contribution in [0.15, 0.2) is 6.07 Å². The van der Waals surface area contributed by atoms with Crippen LogP contribution in [0.1, 0.15) is 17.7 Å². The lowest BCUT2D eigenvalue weighted by Crippen LogP contribution is -2.05. The smallest absolute Gasteiger partial charge is 0.269 e. The Kier molecular flexibility index (Phi) is 3.02. The van der Waals surface area contributed by atoms with Crippen LogP contribution in [0.4, 0.5) is 20.3 Å². The summed E-state index contributed by atoms with van der Waals surface area (Å²) < 4.78 is 24.6. The van der Waals surface area contributed by atoms with Crippen molar-refractivity contribution in [3.63, 3.8) is 0 Å². The molecule has 0 aromatic carbocycles. The van der Waals surface area contributed by atoms with Gasteiger partial charge in [-0.3, -0.25) is 0 Å². The third kappa shape index (κ3) is 2.06. The first-order valence-corrected chi connectivity index (χ1v) is 4.57. The van der Waals surface area contributed by atoms with Crippen molar-refractivity contribution < 1.29 is 8.78 Å². The number of halogens is 3. The second-order valence-electron chi connectivity index (χ2n) is 2.44. The number of hydrogen-bond donors (Lipinski definition) is 2. The van der Waals surface area contributed by atoms with Crippen LogP contribution < -0.4 is 11.5 Å². The minimum atomic E-state index is -2.68. The molecule has 0 saturated carbocycles. The van der Waals surface area contributed by atoms with Gasteiger partial charge in [0.25, 0.3) is 6.43 Å². The summed E-state index contributed by atoms with van der Waals surface area (Å²) in [5.74, 6) is -0.204. The first-order chi connectivity index (χ1) is 6.06. The van der Waals surface area contributed by atoms with E-state index in [0.29, 0.717) is 11.0 Å². The van der Waals surface area contributed by atoms with E-state index in [1.165, 1.54) is 6.07 Å². The van der Waals surface area contributed by atoms with Crippen LogP contribution in [0.5, 0.6) is 0 Å². The molecule has 0 aliphatic rings. The summed E-state index contributed by atoms with van der Waals surface area (Å²) in [5.41, 5.74) is 10.8. The van der Waals surface area contributed by atoms with Crippen molar-refractivity contribution in [2.45, 2.75) is 11.8 Å². The molecule has 0 amide bonds. The Labute approximate surface area is 82.3 Å². The fourth-order valence-electron chi connectivity index (χ4n) is 0.959. The quantitative estimate of drug-likeness (QED) is 0.792. The van der Waals surface area contributed by atoms with E-state index < -0.39 is 6.43 Å². The summed E-state index contributed by atoms with van der Waals surface area (Å²) in [6.07, 6.45) is -2.68. The highest BCUT2D eigenvalue weighted by atomic mass is 79.9. The largest absolute Gasteiger partial charge is 0.398 e. The monoisotopic (exact) mass is 251 g/mol. The van der Waals surface area contributed by atoms with Gasteiger partial charge in [0.15, 0.2) is 0 Å². The van der Waals surface area contributed by atoms with Gasteiger partial charge in [-0.2, -0.15) is 0 Å². The molecule has 0 aliphatic heterocycles. The van der Waals surface area contributed by atoms with Gasteiger partial charge in [0.1, 0.15) is 5.82 Å². The van der Waals surface area contributed by atoms with E-state index >= 15 is 0 Å². The molecule has 72 valence electrons. The van der Waals surface area contributed by atoms with Gasteiger partial charge in [-0.25, -0.2) is 13.8 Å². The van der Waals surface area contributed by atoms with Gasteiger partial charge < -0.3 is 11.5 Å². The number of nitrogens with zero attached hydrogens (tertiary/aromatic N) is 1. The van der Waals surface area contributed by atoms with Crippen LogP contribution in [0.3, 0.4) is 0 Å². The Bertz CT molecular complexity index is 294. The standard InChI is InChI=1S/C7H8BrF2N3/c8-2-3-1-4(11)5(6(9)10)7(12)13-3/h1,6H,2H2,(H4,11,12,13). The van der Waals surface area contributed by atoms with Crippen molar-refractivity contribution in [1.82, 2.24) is 4.98 Å². The molecule has 13 heavy (non-hydrogen) atoms. The molecular formula is C7H8BrF2N3. The highest BCUT2D eigenvalue weighted by Gasteiger charge is 2.16. The molecule has 6 heteroatoms. The molecule has 0 radical (unpaired) electrons. The van der Waals surface area contributed by atoms with Gasteiger partial charge in [-0.15, -0.1) is 0 Å². The van der Waals surface area contributed by atoms with Crippen molar-refractivity contribution in [2.75, 3.05) is 11.5 Å². The van der Waals surface area contributed by atoms with Crippen molar-refractivity contribution in [2.24, 2.45) is 0 Å². The molecule has 0 bridgehead atoms. The Morgan fingerprint density at radius 3 is 2.46 bits per heavy atom. The highest BCUT2D eigenvalue weighted by Crippen LogP contribution is 2.30. The van der Waals surface area contributed by atoms with E-state index in [2.05, 4.69) is 20.9 Å². The number of alkyl halides is 3. The second kappa shape index (κ2) is 3.87. The molecule has 0 unspecified atom stereocenters. The fourth-order valence-corrected chi connectivity index (χ4v) is 1.25. The average molecular weight is 252 g/mol. The number of aromatic nitrogens is 1. The fraction of sp³-hybridized carbons (Fsp3) is 0.286. The minimum absolute atomic E-state index is 0.0167. The zero-order valence-electron chi connectivity index (χ0n) is 6.60. The van der Waals surface area contributed by atoms with E-state index in [1.807, 2.05) is 0 Å². The lowest BCUT2D eigenvalue weighted by molar-refractivity contribution is 0.152. The maximum Gasteiger partial charge on any atom is 0.269 e. The molecule has 1 aromatic rings. The number of hydrogen-bond acceptors (Lipinski definition) is 3.